The maximum atomic E-state index is 4.70. The van der Waals surface area contributed by atoms with E-state index in [-0.39, 0.29) is 0 Å². The molecule has 0 atom stereocenters. The molecule has 2 aliphatic rings. The largest absolute Gasteiger partial charge is 0.369 e. The smallest absolute Gasteiger partial charge is 0.127 e. The van der Waals surface area contributed by atoms with Crippen LogP contribution in [-0.2, 0) is 19.9 Å². The first-order valence-corrected chi connectivity index (χ1v) is 10.5. The lowest BCUT2D eigenvalue weighted by atomic mass is 9.97. The van der Waals surface area contributed by atoms with Gasteiger partial charge in [-0.1, -0.05) is 15.9 Å². The number of nitrogens with zero attached hydrogens (tertiary/aromatic N) is 4. The molecule has 1 saturated heterocycles. The summed E-state index contributed by atoms with van der Waals surface area (Å²) in [4.78, 5) is 5.04. The number of anilines is 2. The van der Waals surface area contributed by atoms with Crippen molar-refractivity contribution in [1.29, 1.82) is 0 Å². The van der Waals surface area contributed by atoms with Gasteiger partial charge in [-0.2, -0.15) is 5.10 Å². The summed E-state index contributed by atoms with van der Waals surface area (Å²) in [6.07, 6.45) is 4.90. The van der Waals surface area contributed by atoms with Crippen LogP contribution in [0.1, 0.15) is 24.1 Å². The van der Waals surface area contributed by atoms with Crippen LogP contribution in [0.3, 0.4) is 0 Å². The SMILES string of the molecule is Cn1nc2c(c1NCCN1CCN(c3ccc(Br)cc3)CC1)CCCC2. The van der Waals surface area contributed by atoms with Crippen molar-refractivity contribution in [3.05, 3.63) is 40.0 Å². The van der Waals surface area contributed by atoms with Crippen LogP contribution in [0.15, 0.2) is 28.7 Å². The van der Waals surface area contributed by atoms with E-state index in [2.05, 4.69) is 62.4 Å². The molecule has 0 spiro atoms. The standard InChI is InChI=1S/C20H28BrN5/c1-24-20(18-4-2-3-5-19(18)23-24)22-10-11-25-12-14-26(15-13-25)17-8-6-16(21)7-9-17/h6-9,22H,2-5,10-15H2,1H3. The number of benzene rings is 1. The maximum absolute atomic E-state index is 4.70. The van der Waals surface area contributed by atoms with Crippen LogP contribution in [-0.4, -0.2) is 53.9 Å². The molecule has 140 valence electrons. The van der Waals surface area contributed by atoms with Crippen LogP contribution in [0.5, 0.6) is 0 Å². The van der Waals surface area contributed by atoms with E-state index in [4.69, 9.17) is 5.10 Å². The molecular weight excluding hydrogens is 390 g/mol. The van der Waals surface area contributed by atoms with Gasteiger partial charge in [0.25, 0.3) is 0 Å². The van der Waals surface area contributed by atoms with Gasteiger partial charge >= 0.3 is 0 Å². The summed E-state index contributed by atoms with van der Waals surface area (Å²) in [5.74, 6) is 1.24. The lowest BCUT2D eigenvalue weighted by Gasteiger charge is -2.36. The Labute approximate surface area is 164 Å². The lowest BCUT2D eigenvalue weighted by molar-refractivity contribution is 0.267. The van der Waals surface area contributed by atoms with E-state index < -0.39 is 0 Å². The third-order valence-corrected chi connectivity index (χ3v) is 6.13. The summed E-state index contributed by atoms with van der Waals surface area (Å²) >= 11 is 3.51. The number of hydrogen-bond acceptors (Lipinski definition) is 4. The molecule has 6 heteroatoms. The second-order valence-electron chi connectivity index (χ2n) is 7.34. The third-order valence-electron chi connectivity index (χ3n) is 5.60. The Morgan fingerprint density at radius 3 is 2.54 bits per heavy atom. The van der Waals surface area contributed by atoms with E-state index in [9.17, 15) is 0 Å². The second-order valence-corrected chi connectivity index (χ2v) is 8.25. The van der Waals surface area contributed by atoms with Crippen molar-refractivity contribution in [3.8, 4) is 0 Å². The van der Waals surface area contributed by atoms with Gasteiger partial charge in [0.15, 0.2) is 0 Å². The first-order chi connectivity index (χ1) is 12.7. The molecule has 5 nitrogen and oxygen atoms in total. The number of fused-ring (bicyclic) bond motifs is 1. The average Bonchev–Trinajstić information content (AvgIpc) is 2.99. The first kappa shape index (κ1) is 17.9. The van der Waals surface area contributed by atoms with Crippen LogP contribution in [0.25, 0.3) is 0 Å². The van der Waals surface area contributed by atoms with E-state index in [1.54, 1.807) is 0 Å². The molecule has 1 aromatic heterocycles. The van der Waals surface area contributed by atoms with Crippen LogP contribution < -0.4 is 10.2 Å². The van der Waals surface area contributed by atoms with Gasteiger partial charge in [-0.15, -0.1) is 0 Å². The monoisotopic (exact) mass is 417 g/mol. The van der Waals surface area contributed by atoms with Gasteiger partial charge in [0, 0.05) is 62.0 Å². The van der Waals surface area contributed by atoms with Crippen LogP contribution >= 0.6 is 15.9 Å². The van der Waals surface area contributed by atoms with Crippen molar-refractivity contribution < 1.29 is 0 Å². The fraction of sp³-hybridized carbons (Fsp3) is 0.550. The number of rotatable bonds is 5. The minimum absolute atomic E-state index is 0.990. The topological polar surface area (TPSA) is 36.3 Å². The van der Waals surface area contributed by atoms with Crippen molar-refractivity contribution >= 4 is 27.4 Å². The Bertz CT molecular complexity index is 731. The summed E-state index contributed by atoms with van der Waals surface area (Å²) in [5, 5.41) is 8.35. The zero-order valence-corrected chi connectivity index (χ0v) is 17.1. The van der Waals surface area contributed by atoms with Crippen molar-refractivity contribution in [2.75, 3.05) is 49.5 Å². The van der Waals surface area contributed by atoms with Gasteiger partial charge < -0.3 is 10.2 Å². The molecular formula is C20H28BrN5. The number of aromatic nitrogens is 2. The molecule has 1 aliphatic heterocycles. The highest BCUT2D eigenvalue weighted by molar-refractivity contribution is 9.10. The number of nitrogens with one attached hydrogen (secondary N) is 1. The van der Waals surface area contributed by atoms with Gasteiger partial charge in [0.1, 0.15) is 5.82 Å². The molecule has 1 fully saturated rings. The summed E-state index contributed by atoms with van der Waals surface area (Å²) in [5.41, 5.74) is 4.09. The molecule has 26 heavy (non-hydrogen) atoms. The molecule has 2 heterocycles. The van der Waals surface area contributed by atoms with E-state index >= 15 is 0 Å². The molecule has 2 aromatic rings. The molecule has 1 aliphatic carbocycles. The fourth-order valence-corrected chi connectivity index (χ4v) is 4.38. The van der Waals surface area contributed by atoms with E-state index in [1.807, 2.05) is 4.68 Å². The Balaban J connectivity index is 1.25. The van der Waals surface area contributed by atoms with Gasteiger partial charge in [-0.3, -0.25) is 9.58 Å². The summed E-state index contributed by atoms with van der Waals surface area (Å²) < 4.78 is 3.19. The lowest BCUT2D eigenvalue weighted by Crippen LogP contribution is -2.47. The van der Waals surface area contributed by atoms with E-state index in [1.165, 1.54) is 42.0 Å². The van der Waals surface area contributed by atoms with Gasteiger partial charge in [0.05, 0.1) is 5.69 Å². The predicted molar refractivity (Wildman–Crippen MR) is 111 cm³/mol. The van der Waals surface area contributed by atoms with Gasteiger partial charge in [0.2, 0.25) is 0 Å². The Morgan fingerprint density at radius 2 is 1.77 bits per heavy atom. The van der Waals surface area contributed by atoms with Crippen LogP contribution in [0, 0.1) is 0 Å². The minimum atomic E-state index is 0.990. The number of halogens is 1. The molecule has 0 bridgehead atoms. The summed E-state index contributed by atoms with van der Waals surface area (Å²) in [6, 6.07) is 8.65. The molecule has 0 radical (unpaired) electrons. The third kappa shape index (κ3) is 3.91. The Hall–Kier alpha value is -1.53. The Morgan fingerprint density at radius 1 is 1.04 bits per heavy atom. The predicted octanol–water partition coefficient (Wildman–Crippen LogP) is 3.30. The fourth-order valence-electron chi connectivity index (χ4n) is 4.12. The average molecular weight is 418 g/mol. The van der Waals surface area contributed by atoms with Crippen LogP contribution in [0.4, 0.5) is 11.5 Å². The highest BCUT2D eigenvalue weighted by Gasteiger charge is 2.20. The Kier molecular flexibility index (Phi) is 5.50. The first-order valence-electron chi connectivity index (χ1n) is 9.72. The highest BCUT2D eigenvalue weighted by Crippen LogP contribution is 2.27. The second kappa shape index (κ2) is 8.01. The molecule has 4 rings (SSSR count). The number of hydrogen-bond donors (Lipinski definition) is 1. The molecule has 0 amide bonds. The summed E-state index contributed by atoms with van der Waals surface area (Å²) in [7, 11) is 2.07. The zero-order valence-electron chi connectivity index (χ0n) is 15.5. The number of piperazine rings is 1. The minimum Gasteiger partial charge on any atom is -0.369 e. The maximum Gasteiger partial charge on any atom is 0.127 e. The molecule has 0 unspecified atom stereocenters. The molecule has 1 aromatic carbocycles. The zero-order chi connectivity index (χ0) is 17.9. The van der Waals surface area contributed by atoms with Crippen LogP contribution in [0.2, 0.25) is 0 Å². The quantitative estimate of drug-likeness (QED) is 0.809. The van der Waals surface area contributed by atoms with Gasteiger partial charge in [-0.05, 0) is 49.9 Å². The van der Waals surface area contributed by atoms with Crippen molar-refractivity contribution in [3.63, 3.8) is 0 Å². The summed E-state index contributed by atoms with van der Waals surface area (Å²) in [6.45, 7) is 6.53. The van der Waals surface area contributed by atoms with Crippen molar-refractivity contribution in [1.82, 2.24) is 14.7 Å². The van der Waals surface area contributed by atoms with Crippen molar-refractivity contribution in [2.24, 2.45) is 7.05 Å². The normalized spacial score (nSPS) is 18.0. The van der Waals surface area contributed by atoms with E-state index in [0.717, 1.165) is 50.2 Å². The van der Waals surface area contributed by atoms with Crippen molar-refractivity contribution in [2.45, 2.75) is 25.7 Å². The molecule has 1 N–H and O–H groups in total. The molecule has 0 saturated carbocycles. The number of aryl methyl sites for hydroxylation is 2. The highest BCUT2D eigenvalue weighted by atomic mass is 79.9. The van der Waals surface area contributed by atoms with E-state index in [0.29, 0.717) is 0 Å². The van der Waals surface area contributed by atoms with Gasteiger partial charge in [-0.25, -0.2) is 0 Å².